The maximum Gasteiger partial charge on any atom is 0.185 e. The van der Waals surface area contributed by atoms with Gasteiger partial charge in [0.05, 0.1) is 8.07 Å². The van der Waals surface area contributed by atoms with Crippen molar-refractivity contribution in [1.29, 1.82) is 0 Å². The molecule has 3 nitrogen and oxygen atoms in total. The van der Waals surface area contributed by atoms with E-state index in [-0.39, 0.29) is 0 Å². The summed E-state index contributed by atoms with van der Waals surface area (Å²) in [7, 11) is -7.08. The molecule has 0 saturated carbocycles. The van der Waals surface area contributed by atoms with E-state index in [9.17, 15) is 0 Å². The van der Waals surface area contributed by atoms with Gasteiger partial charge in [-0.25, -0.2) is 0 Å². The molecule has 0 amide bonds. The number of fused-ring (bicyclic) bond motifs is 1. The van der Waals surface area contributed by atoms with Crippen LogP contribution in [-0.2, 0) is 9.77 Å². The van der Waals surface area contributed by atoms with Crippen LogP contribution in [0.5, 0.6) is 5.75 Å². The minimum atomic E-state index is -2.15. The summed E-state index contributed by atoms with van der Waals surface area (Å²) in [6, 6.07) is 6.57. The molecule has 0 aromatic heterocycles. The second-order valence-electron chi connectivity index (χ2n) is 11.0. The monoisotopic (exact) mass is 427 g/mol. The normalized spacial score (nSPS) is 26.4. The van der Waals surface area contributed by atoms with Gasteiger partial charge in [-0.05, 0) is 65.3 Å². The first-order chi connectivity index (χ1) is 11.5. The Kier molecular flexibility index (Phi) is 5.73. The SMILES string of the molecule is Cc1ccc2c(c1)C(C)(O[Si](C)(C)C)P(C[Si](C)(C)C)(=N[Si](C)(C)C)O2. The number of nitrogens with zero attached hydrogens (tertiary/aromatic N) is 1. The molecule has 2 atom stereocenters. The van der Waals surface area contributed by atoms with Gasteiger partial charge in [0.25, 0.3) is 0 Å². The predicted molar refractivity (Wildman–Crippen MR) is 124 cm³/mol. The molecule has 0 radical (unpaired) electrons. The first kappa shape index (κ1) is 22.2. The second kappa shape index (κ2) is 6.73. The van der Waals surface area contributed by atoms with Crippen molar-refractivity contribution in [2.24, 2.45) is 4.41 Å². The van der Waals surface area contributed by atoms with Crippen LogP contribution in [0.3, 0.4) is 0 Å². The molecule has 2 unspecified atom stereocenters. The smallest absolute Gasteiger partial charge is 0.185 e. The molecule has 0 fully saturated rings. The molecule has 2 rings (SSSR count). The Bertz CT molecular complexity index is 745. The molecule has 1 aromatic carbocycles. The van der Waals surface area contributed by atoms with Crippen molar-refractivity contribution in [2.75, 3.05) is 5.79 Å². The average Bonchev–Trinajstić information content (AvgIpc) is 2.53. The predicted octanol–water partition coefficient (Wildman–Crippen LogP) is 7.24. The highest BCUT2D eigenvalue weighted by atomic mass is 31.2. The van der Waals surface area contributed by atoms with E-state index in [0.29, 0.717) is 0 Å². The lowest BCUT2D eigenvalue weighted by Gasteiger charge is -2.43. The van der Waals surface area contributed by atoms with E-state index in [1.54, 1.807) is 0 Å². The third-order valence-corrected chi connectivity index (χ3v) is 16.8. The molecule has 1 aliphatic heterocycles. The molecule has 0 aliphatic carbocycles. The summed E-state index contributed by atoms with van der Waals surface area (Å²) in [5.74, 6) is 2.09. The maximum atomic E-state index is 6.99. The summed E-state index contributed by atoms with van der Waals surface area (Å²) in [4.78, 5) is 0. The summed E-state index contributed by atoms with van der Waals surface area (Å²) < 4.78 is 19.4. The van der Waals surface area contributed by atoms with Crippen LogP contribution in [0.15, 0.2) is 22.6 Å². The topological polar surface area (TPSA) is 30.8 Å². The minimum Gasteiger partial charge on any atom is -0.457 e. The highest BCUT2D eigenvalue weighted by Gasteiger charge is 2.56. The Morgan fingerprint density at radius 1 is 1.04 bits per heavy atom. The molecule has 1 heterocycles. The fourth-order valence-corrected chi connectivity index (χ4v) is 19.9. The van der Waals surface area contributed by atoms with Crippen molar-refractivity contribution in [2.45, 2.75) is 78.1 Å². The van der Waals surface area contributed by atoms with Gasteiger partial charge in [0.15, 0.2) is 23.8 Å². The van der Waals surface area contributed by atoms with Gasteiger partial charge in [0, 0.05) is 11.3 Å². The number of benzene rings is 1. The van der Waals surface area contributed by atoms with E-state index < -0.39 is 37.3 Å². The number of rotatable bonds is 5. The summed E-state index contributed by atoms with van der Waals surface area (Å²) in [6.45, 7) is 25.6. The van der Waals surface area contributed by atoms with Gasteiger partial charge in [-0.3, -0.25) is 0 Å². The molecule has 148 valence electrons. The minimum absolute atomic E-state index is 0.417. The molecule has 0 N–H and O–H groups in total. The van der Waals surface area contributed by atoms with Crippen molar-refractivity contribution in [3.05, 3.63) is 29.3 Å². The molecule has 7 heteroatoms. The van der Waals surface area contributed by atoms with Crippen LogP contribution in [0.1, 0.15) is 18.1 Å². The van der Waals surface area contributed by atoms with Crippen molar-refractivity contribution < 1.29 is 8.95 Å². The maximum absolute atomic E-state index is 6.99. The Balaban J connectivity index is 2.83. The standard InChI is InChI=1S/C19H38NO2PSi3/c1-16-12-13-18-17(14-16)19(2,22-26(9,10)11)23(21-18,15-24(3,4)5)20-25(6,7)8/h12-14H,15H2,1-11H3. The molecule has 1 aromatic rings. The number of hydrogen-bond donors (Lipinski definition) is 0. The molecule has 0 saturated heterocycles. The average molecular weight is 428 g/mol. The summed E-state index contributed by atoms with van der Waals surface area (Å²) in [6.07, 6.45) is 0. The first-order valence-corrected chi connectivity index (χ1v) is 22.0. The van der Waals surface area contributed by atoms with Crippen LogP contribution in [-0.4, -0.2) is 30.4 Å². The summed E-state index contributed by atoms with van der Waals surface area (Å²) in [5, 5.41) is -0.417. The van der Waals surface area contributed by atoms with E-state index in [0.717, 1.165) is 11.5 Å². The number of aryl methyl sites for hydroxylation is 1. The highest BCUT2D eigenvalue weighted by molar-refractivity contribution is 7.67. The molecule has 0 spiro atoms. The van der Waals surface area contributed by atoms with Crippen LogP contribution >= 0.6 is 7.28 Å². The van der Waals surface area contributed by atoms with E-state index >= 15 is 0 Å². The van der Waals surface area contributed by atoms with E-state index in [2.05, 4.69) is 91.0 Å². The zero-order valence-corrected chi connectivity index (χ0v) is 22.5. The van der Waals surface area contributed by atoms with E-state index in [1.165, 1.54) is 11.1 Å². The first-order valence-electron chi connectivity index (χ1n) is 9.60. The lowest BCUT2D eigenvalue weighted by Crippen LogP contribution is -2.41. The molecular formula is C19H38NO2PSi3. The van der Waals surface area contributed by atoms with Gasteiger partial charge in [-0.1, -0.05) is 31.3 Å². The summed E-state index contributed by atoms with van der Waals surface area (Å²) >= 11 is 0. The zero-order chi connectivity index (χ0) is 20.2. The van der Waals surface area contributed by atoms with Gasteiger partial charge < -0.3 is 13.4 Å². The summed E-state index contributed by atoms with van der Waals surface area (Å²) in [5.41, 5.74) is 2.49. The Hall–Kier alpha value is -0.139. The van der Waals surface area contributed by atoms with Gasteiger partial charge in [0.1, 0.15) is 11.1 Å². The number of hydrogen-bond acceptors (Lipinski definition) is 3. The van der Waals surface area contributed by atoms with Crippen LogP contribution in [0.4, 0.5) is 0 Å². The largest absolute Gasteiger partial charge is 0.457 e. The van der Waals surface area contributed by atoms with Crippen LogP contribution in [0.25, 0.3) is 0 Å². The zero-order valence-electron chi connectivity index (χ0n) is 18.7. The molecular weight excluding hydrogens is 389 g/mol. The van der Waals surface area contributed by atoms with Crippen molar-refractivity contribution in [1.82, 2.24) is 0 Å². The van der Waals surface area contributed by atoms with Crippen molar-refractivity contribution in [3.63, 3.8) is 0 Å². The van der Waals surface area contributed by atoms with E-state index in [4.69, 9.17) is 13.4 Å². The van der Waals surface area contributed by atoms with Crippen LogP contribution in [0.2, 0.25) is 58.9 Å². The van der Waals surface area contributed by atoms with Gasteiger partial charge in [-0.2, -0.15) is 0 Å². The van der Waals surface area contributed by atoms with E-state index in [1.807, 2.05) is 0 Å². The van der Waals surface area contributed by atoms with Crippen molar-refractivity contribution >= 4 is 31.9 Å². The molecule has 26 heavy (non-hydrogen) atoms. The quantitative estimate of drug-likeness (QED) is 0.366. The third-order valence-electron chi connectivity index (χ3n) is 4.21. The fraction of sp³-hybridized carbons (Fsp3) is 0.684. The van der Waals surface area contributed by atoms with Gasteiger partial charge in [-0.15, -0.1) is 0 Å². The van der Waals surface area contributed by atoms with Crippen LogP contribution < -0.4 is 4.52 Å². The Morgan fingerprint density at radius 2 is 1.62 bits per heavy atom. The second-order valence-corrected chi connectivity index (χ2v) is 29.4. The molecule has 1 aliphatic rings. The Labute approximate surface area is 164 Å². The van der Waals surface area contributed by atoms with Gasteiger partial charge in [0.2, 0.25) is 0 Å². The Morgan fingerprint density at radius 3 is 2.08 bits per heavy atom. The van der Waals surface area contributed by atoms with Crippen LogP contribution in [0, 0.1) is 6.92 Å². The van der Waals surface area contributed by atoms with Gasteiger partial charge >= 0.3 is 0 Å². The fourth-order valence-electron chi connectivity index (χ4n) is 3.71. The lowest BCUT2D eigenvalue weighted by atomic mass is 10.1. The lowest BCUT2D eigenvalue weighted by molar-refractivity contribution is 0.172. The van der Waals surface area contributed by atoms with Crippen molar-refractivity contribution in [3.8, 4) is 5.75 Å². The molecule has 0 bridgehead atoms. The highest BCUT2D eigenvalue weighted by Crippen LogP contribution is 2.74. The third kappa shape index (κ3) is 4.82.